The third-order valence-corrected chi connectivity index (χ3v) is 2.73. The van der Waals surface area contributed by atoms with Crippen LogP contribution in [0.15, 0.2) is 36.8 Å². The van der Waals surface area contributed by atoms with E-state index in [9.17, 15) is 0 Å². The summed E-state index contributed by atoms with van der Waals surface area (Å²) in [5, 5.41) is 3.38. The average Bonchev–Trinajstić information content (AvgIpc) is 2.76. The van der Waals surface area contributed by atoms with Crippen LogP contribution in [0.3, 0.4) is 0 Å². The number of ether oxygens (including phenoxy) is 1. The number of aryl methyl sites for hydroxylation is 1. The Bertz CT molecular complexity index is 479. The predicted octanol–water partition coefficient (Wildman–Crippen LogP) is 1.72. The largest absolute Gasteiger partial charge is 0.496 e. The summed E-state index contributed by atoms with van der Waals surface area (Å²) in [4.78, 5) is 4.08. The van der Waals surface area contributed by atoms with Gasteiger partial charge in [0.2, 0.25) is 0 Å². The molecule has 0 saturated carbocycles. The molecular formula is C13H17N3O. The first kappa shape index (κ1) is 11.7. The summed E-state index contributed by atoms with van der Waals surface area (Å²) in [6.07, 6.45) is 3.68. The van der Waals surface area contributed by atoms with E-state index in [0.29, 0.717) is 0 Å². The standard InChI is InChI=1S/C13H17N3O/c1-16-10-15-9-12(16)8-14-7-11-5-3-4-6-13(11)17-2/h3-6,9-10,14H,7-8H2,1-2H3. The van der Waals surface area contributed by atoms with Gasteiger partial charge in [0.1, 0.15) is 5.75 Å². The maximum Gasteiger partial charge on any atom is 0.123 e. The number of para-hydroxylation sites is 1. The summed E-state index contributed by atoms with van der Waals surface area (Å²) in [5.74, 6) is 0.921. The van der Waals surface area contributed by atoms with Crippen molar-refractivity contribution in [2.45, 2.75) is 13.1 Å². The second-order valence-corrected chi connectivity index (χ2v) is 3.91. The second-order valence-electron chi connectivity index (χ2n) is 3.91. The van der Waals surface area contributed by atoms with Crippen molar-refractivity contribution in [1.29, 1.82) is 0 Å². The van der Waals surface area contributed by atoms with Crippen LogP contribution in [0.1, 0.15) is 11.3 Å². The van der Waals surface area contributed by atoms with Gasteiger partial charge in [-0.1, -0.05) is 18.2 Å². The summed E-state index contributed by atoms with van der Waals surface area (Å²) < 4.78 is 7.31. The Morgan fingerprint density at radius 1 is 1.29 bits per heavy atom. The Kier molecular flexibility index (Phi) is 3.77. The molecule has 0 saturated heterocycles. The van der Waals surface area contributed by atoms with Gasteiger partial charge in [0.15, 0.2) is 0 Å². The molecule has 1 aromatic carbocycles. The number of nitrogens with one attached hydrogen (secondary N) is 1. The lowest BCUT2D eigenvalue weighted by molar-refractivity contribution is 0.407. The van der Waals surface area contributed by atoms with Crippen LogP contribution in [-0.4, -0.2) is 16.7 Å². The van der Waals surface area contributed by atoms with E-state index in [-0.39, 0.29) is 0 Å². The minimum absolute atomic E-state index is 0.787. The molecule has 1 aromatic heterocycles. The molecule has 1 N–H and O–H groups in total. The fourth-order valence-corrected chi connectivity index (χ4v) is 1.73. The number of imidazole rings is 1. The first-order valence-corrected chi connectivity index (χ1v) is 5.59. The van der Waals surface area contributed by atoms with Crippen LogP contribution >= 0.6 is 0 Å². The molecule has 0 fully saturated rings. The van der Waals surface area contributed by atoms with Crippen molar-refractivity contribution in [1.82, 2.24) is 14.9 Å². The Balaban J connectivity index is 1.92. The second kappa shape index (κ2) is 5.50. The molecule has 2 rings (SSSR count). The smallest absolute Gasteiger partial charge is 0.123 e. The van der Waals surface area contributed by atoms with E-state index in [4.69, 9.17) is 4.74 Å². The zero-order valence-electron chi connectivity index (χ0n) is 10.2. The lowest BCUT2D eigenvalue weighted by Gasteiger charge is -2.09. The molecule has 0 atom stereocenters. The van der Waals surface area contributed by atoms with Crippen molar-refractivity contribution in [2.75, 3.05) is 7.11 Å². The predicted molar refractivity (Wildman–Crippen MR) is 66.7 cm³/mol. The Morgan fingerprint density at radius 2 is 2.12 bits per heavy atom. The zero-order valence-corrected chi connectivity index (χ0v) is 10.2. The summed E-state index contributed by atoms with van der Waals surface area (Å²) in [5.41, 5.74) is 2.33. The third-order valence-electron chi connectivity index (χ3n) is 2.73. The Morgan fingerprint density at radius 3 is 2.82 bits per heavy atom. The minimum atomic E-state index is 0.787. The number of aromatic nitrogens is 2. The van der Waals surface area contributed by atoms with Crippen LogP contribution in [0.5, 0.6) is 5.75 Å². The van der Waals surface area contributed by atoms with Crippen molar-refractivity contribution >= 4 is 0 Å². The van der Waals surface area contributed by atoms with E-state index >= 15 is 0 Å². The van der Waals surface area contributed by atoms with E-state index in [1.807, 2.05) is 36.0 Å². The van der Waals surface area contributed by atoms with Crippen LogP contribution in [0.2, 0.25) is 0 Å². The first-order chi connectivity index (χ1) is 8.31. The van der Waals surface area contributed by atoms with Gasteiger partial charge in [-0.2, -0.15) is 0 Å². The molecule has 0 amide bonds. The monoisotopic (exact) mass is 231 g/mol. The lowest BCUT2D eigenvalue weighted by Crippen LogP contribution is -2.15. The van der Waals surface area contributed by atoms with Crippen LogP contribution in [0.4, 0.5) is 0 Å². The van der Waals surface area contributed by atoms with E-state index in [2.05, 4.69) is 16.4 Å². The highest BCUT2D eigenvalue weighted by Crippen LogP contribution is 2.16. The topological polar surface area (TPSA) is 39.1 Å². The van der Waals surface area contributed by atoms with Crippen molar-refractivity contribution < 1.29 is 4.74 Å². The molecule has 17 heavy (non-hydrogen) atoms. The summed E-state index contributed by atoms with van der Waals surface area (Å²) in [6.45, 7) is 1.59. The van der Waals surface area contributed by atoms with Crippen molar-refractivity contribution in [2.24, 2.45) is 7.05 Å². The molecule has 2 aromatic rings. The number of nitrogens with zero attached hydrogens (tertiary/aromatic N) is 2. The highest BCUT2D eigenvalue weighted by molar-refractivity contribution is 5.32. The number of hydrogen-bond donors (Lipinski definition) is 1. The van der Waals surface area contributed by atoms with Gasteiger partial charge >= 0.3 is 0 Å². The maximum absolute atomic E-state index is 5.30. The summed E-state index contributed by atoms with van der Waals surface area (Å²) in [7, 11) is 3.69. The molecule has 0 radical (unpaired) electrons. The van der Waals surface area contributed by atoms with Crippen molar-refractivity contribution in [3.05, 3.63) is 48.0 Å². The van der Waals surface area contributed by atoms with Crippen LogP contribution in [0.25, 0.3) is 0 Å². The summed E-state index contributed by atoms with van der Waals surface area (Å²) in [6, 6.07) is 8.03. The van der Waals surface area contributed by atoms with Crippen LogP contribution in [-0.2, 0) is 20.1 Å². The van der Waals surface area contributed by atoms with Crippen LogP contribution in [0, 0.1) is 0 Å². The molecule has 90 valence electrons. The number of methoxy groups -OCH3 is 1. The summed E-state index contributed by atoms with van der Waals surface area (Å²) >= 11 is 0. The maximum atomic E-state index is 5.30. The molecule has 1 heterocycles. The highest BCUT2D eigenvalue weighted by atomic mass is 16.5. The SMILES string of the molecule is COc1ccccc1CNCc1cncn1C. The van der Waals surface area contributed by atoms with E-state index in [1.54, 1.807) is 13.4 Å². The fraction of sp³-hybridized carbons (Fsp3) is 0.308. The Hall–Kier alpha value is -1.81. The van der Waals surface area contributed by atoms with E-state index in [0.717, 1.165) is 24.4 Å². The van der Waals surface area contributed by atoms with Gasteiger partial charge in [-0.15, -0.1) is 0 Å². The minimum Gasteiger partial charge on any atom is -0.496 e. The van der Waals surface area contributed by atoms with Gasteiger partial charge in [0.25, 0.3) is 0 Å². The molecule has 0 unspecified atom stereocenters. The van der Waals surface area contributed by atoms with Gasteiger partial charge < -0.3 is 14.6 Å². The highest BCUT2D eigenvalue weighted by Gasteiger charge is 2.02. The third kappa shape index (κ3) is 2.85. The van der Waals surface area contributed by atoms with E-state index < -0.39 is 0 Å². The normalized spacial score (nSPS) is 10.5. The van der Waals surface area contributed by atoms with Gasteiger partial charge in [0, 0.05) is 31.9 Å². The molecule has 0 aliphatic carbocycles. The number of hydrogen-bond acceptors (Lipinski definition) is 3. The molecule has 4 nitrogen and oxygen atoms in total. The van der Waals surface area contributed by atoms with Crippen molar-refractivity contribution in [3.8, 4) is 5.75 Å². The first-order valence-electron chi connectivity index (χ1n) is 5.59. The number of benzene rings is 1. The lowest BCUT2D eigenvalue weighted by atomic mass is 10.2. The molecule has 0 aliphatic rings. The fourth-order valence-electron chi connectivity index (χ4n) is 1.73. The molecular weight excluding hydrogens is 214 g/mol. The quantitative estimate of drug-likeness (QED) is 0.851. The molecule has 0 spiro atoms. The molecule has 4 heteroatoms. The molecule has 0 aliphatic heterocycles. The molecule has 0 bridgehead atoms. The van der Waals surface area contributed by atoms with Crippen LogP contribution < -0.4 is 10.1 Å². The van der Waals surface area contributed by atoms with Gasteiger partial charge in [-0.3, -0.25) is 0 Å². The Labute approximate surface area is 101 Å². The van der Waals surface area contributed by atoms with E-state index in [1.165, 1.54) is 5.69 Å². The van der Waals surface area contributed by atoms with Gasteiger partial charge in [-0.05, 0) is 6.07 Å². The average molecular weight is 231 g/mol. The zero-order chi connectivity index (χ0) is 12.1. The van der Waals surface area contributed by atoms with Gasteiger partial charge in [-0.25, -0.2) is 4.98 Å². The number of rotatable bonds is 5. The van der Waals surface area contributed by atoms with Gasteiger partial charge in [0.05, 0.1) is 19.1 Å². The van der Waals surface area contributed by atoms with Crippen molar-refractivity contribution in [3.63, 3.8) is 0 Å².